The summed E-state index contributed by atoms with van der Waals surface area (Å²) in [4.78, 5) is 12.3. The van der Waals surface area contributed by atoms with Gasteiger partial charge in [0.1, 0.15) is 11.8 Å². The molecule has 1 heterocycles. The number of amides is 1. The van der Waals surface area contributed by atoms with E-state index in [4.69, 9.17) is 14.7 Å². The average molecular weight is 289 g/mol. The molecule has 21 heavy (non-hydrogen) atoms. The molecule has 0 saturated carbocycles. The third-order valence-corrected chi connectivity index (χ3v) is 3.29. The van der Waals surface area contributed by atoms with E-state index < -0.39 is 0 Å². The first kappa shape index (κ1) is 15.3. The van der Waals surface area contributed by atoms with Gasteiger partial charge in [0.25, 0.3) is 0 Å². The highest BCUT2D eigenvalue weighted by molar-refractivity contribution is 5.93. The Kier molecular flexibility index (Phi) is 5.55. The van der Waals surface area contributed by atoms with Crippen LogP contribution < -0.4 is 15.4 Å². The molecule has 0 radical (unpaired) electrons. The van der Waals surface area contributed by atoms with Crippen LogP contribution in [0.4, 0.5) is 5.69 Å². The number of nitrogens with one attached hydrogen (secondary N) is 2. The molecule has 2 unspecified atom stereocenters. The number of carbonyl (C=O) groups excluding carboxylic acids is 1. The zero-order chi connectivity index (χ0) is 15.1. The van der Waals surface area contributed by atoms with Gasteiger partial charge in [0, 0.05) is 17.8 Å². The van der Waals surface area contributed by atoms with E-state index in [2.05, 4.69) is 10.6 Å². The summed E-state index contributed by atoms with van der Waals surface area (Å²) in [5.74, 6) is 0.282. The highest BCUT2D eigenvalue weighted by atomic mass is 16.5. The number of nitrogens with zero attached hydrogens (tertiary/aromatic N) is 1. The normalized spacial score (nSPS) is 20.8. The minimum Gasteiger partial charge on any atom is -0.479 e. The quantitative estimate of drug-likeness (QED) is 0.821. The Morgan fingerprint density at radius 3 is 3.14 bits per heavy atom. The zero-order valence-electron chi connectivity index (χ0n) is 12.0. The number of hydrogen-bond donors (Lipinski definition) is 2. The second-order valence-electron chi connectivity index (χ2n) is 4.77. The van der Waals surface area contributed by atoms with Gasteiger partial charge in [0.2, 0.25) is 5.91 Å². The van der Waals surface area contributed by atoms with Crippen molar-refractivity contribution in [3.63, 3.8) is 0 Å². The van der Waals surface area contributed by atoms with E-state index in [1.54, 1.807) is 24.3 Å². The van der Waals surface area contributed by atoms with Gasteiger partial charge in [0.15, 0.2) is 6.61 Å². The molecule has 0 spiro atoms. The molecule has 0 bridgehead atoms. The zero-order valence-corrected chi connectivity index (χ0v) is 12.0. The van der Waals surface area contributed by atoms with Crippen LogP contribution in [0.1, 0.15) is 6.92 Å². The number of hydrogen-bond acceptors (Lipinski definition) is 5. The Balaban J connectivity index is 1.97. The molecule has 6 nitrogen and oxygen atoms in total. The van der Waals surface area contributed by atoms with Gasteiger partial charge in [-0.05, 0) is 18.7 Å². The Morgan fingerprint density at radius 1 is 1.52 bits per heavy atom. The van der Waals surface area contributed by atoms with Gasteiger partial charge >= 0.3 is 0 Å². The Hall–Kier alpha value is -2.10. The van der Waals surface area contributed by atoms with E-state index in [9.17, 15) is 4.79 Å². The number of ether oxygens (including phenoxy) is 2. The van der Waals surface area contributed by atoms with Crippen LogP contribution in [0.2, 0.25) is 0 Å². The monoisotopic (exact) mass is 289 g/mol. The first-order valence-corrected chi connectivity index (χ1v) is 6.96. The van der Waals surface area contributed by atoms with Crippen molar-refractivity contribution in [2.75, 3.05) is 31.7 Å². The van der Waals surface area contributed by atoms with Crippen molar-refractivity contribution in [1.82, 2.24) is 5.32 Å². The summed E-state index contributed by atoms with van der Waals surface area (Å²) in [6.45, 7) is 3.76. The minimum absolute atomic E-state index is 0.0175. The average Bonchev–Trinajstić information content (AvgIpc) is 2.94. The number of carbonyl (C=O) groups is 1. The van der Waals surface area contributed by atoms with Gasteiger partial charge in [-0.15, -0.1) is 0 Å². The molecule has 1 fully saturated rings. The van der Waals surface area contributed by atoms with Crippen molar-refractivity contribution in [3.8, 4) is 11.8 Å². The number of nitriles is 1. The molecule has 112 valence electrons. The highest BCUT2D eigenvalue weighted by Crippen LogP contribution is 2.20. The molecule has 1 aliphatic heterocycles. The lowest BCUT2D eigenvalue weighted by Crippen LogP contribution is -2.41. The standard InChI is InChI=1S/C15H19N3O3/c1-2-17-14-10-20-9-13(14)15(19)18-11-4-3-5-12(8-11)21-7-6-16/h3-5,8,13-14,17H,2,7,9-10H2,1H3,(H,18,19). The van der Waals surface area contributed by atoms with E-state index in [1.165, 1.54) is 0 Å². The highest BCUT2D eigenvalue weighted by Gasteiger charge is 2.33. The lowest BCUT2D eigenvalue weighted by molar-refractivity contribution is -0.120. The van der Waals surface area contributed by atoms with E-state index in [-0.39, 0.29) is 24.5 Å². The van der Waals surface area contributed by atoms with Gasteiger partial charge in [-0.25, -0.2) is 0 Å². The molecular weight excluding hydrogens is 270 g/mol. The number of rotatable bonds is 6. The summed E-state index contributed by atoms with van der Waals surface area (Å²) in [7, 11) is 0. The molecule has 1 saturated heterocycles. The summed E-state index contributed by atoms with van der Waals surface area (Å²) >= 11 is 0. The predicted molar refractivity (Wildman–Crippen MR) is 78.0 cm³/mol. The van der Waals surface area contributed by atoms with Crippen LogP contribution in [0, 0.1) is 17.2 Å². The number of likely N-dealkylation sites (N-methyl/N-ethyl adjacent to an activating group) is 1. The number of anilines is 1. The first-order valence-electron chi connectivity index (χ1n) is 6.96. The van der Waals surface area contributed by atoms with Crippen LogP contribution in [-0.4, -0.2) is 38.3 Å². The Bertz CT molecular complexity index is 527. The van der Waals surface area contributed by atoms with Gasteiger partial charge in [-0.3, -0.25) is 4.79 Å². The van der Waals surface area contributed by atoms with Crippen LogP contribution in [-0.2, 0) is 9.53 Å². The van der Waals surface area contributed by atoms with Crippen molar-refractivity contribution in [1.29, 1.82) is 5.26 Å². The molecule has 1 aromatic carbocycles. The van der Waals surface area contributed by atoms with E-state index in [1.807, 2.05) is 13.0 Å². The Labute approximate surface area is 124 Å². The molecule has 2 N–H and O–H groups in total. The molecule has 2 atom stereocenters. The summed E-state index contributed by atoms with van der Waals surface area (Å²) in [5, 5.41) is 14.6. The maximum absolute atomic E-state index is 12.3. The molecule has 2 rings (SSSR count). The van der Waals surface area contributed by atoms with E-state index >= 15 is 0 Å². The van der Waals surface area contributed by atoms with Crippen LogP contribution in [0.3, 0.4) is 0 Å². The lowest BCUT2D eigenvalue weighted by Gasteiger charge is -2.18. The third kappa shape index (κ3) is 4.18. The van der Waals surface area contributed by atoms with E-state index in [0.717, 1.165) is 6.54 Å². The largest absolute Gasteiger partial charge is 0.479 e. The fourth-order valence-corrected chi connectivity index (χ4v) is 2.29. The first-order chi connectivity index (χ1) is 10.2. The predicted octanol–water partition coefficient (Wildman–Crippen LogP) is 1.15. The molecule has 1 aliphatic rings. The van der Waals surface area contributed by atoms with Crippen molar-refractivity contribution < 1.29 is 14.3 Å². The summed E-state index contributed by atoms with van der Waals surface area (Å²) in [5.41, 5.74) is 0.651. The maximum Gasteiger partial charge on any atom is 0.231 e. The van der Waals surface area contributed by atoms with Crippen LogP contribution in [0.15, 0.2) is 24.3 Å². The second kappa shape index (κ2) is 7.62. The smallest absolute Gasteiger partial charge is 0.231 e. The van der Waals surface area contributed by atoms with Crippen LogP contribution in [0.5, 0.6) is 5.75 Å². The van der Waals surface area contributed by atoms with Crippen LogP contribution in [0.25, 0.3) is 0 Å². The summed E-state index contributed by atoms with van der Waals surface area (Å²) in [6.07, 6.45) is 0. The van der Waals surface area contributed by atoms with Crippen molar-refractivity contribution in [3.05, 3.63) is 24.3 Å². The lowest BCUT2D eigenvalue weighted by atomic mass is 10.0. The van der Waals surface area contributed by atoms with Gasteiger partial charge in [-0.2, -0.15) is 5.26 Å². The summed E-state index contributed by atoms with van der Waals surface area (Å²) < 4.78 is 10.6. The third-order valence-electron chi connectivity index (χ3n) is 3.29. The van der Waals surface area contributed by atoms with E-state index in [0.29, 0.717) is 24.7 Å². The topological polar surface area (TPSA) is 83.4 Å². The van der Waals surface area contributed by atoms with Crippen molar-refractivity contribution >= 4 is 11.6 Å². The van der Waals surface area contributed by atoms with Crippen molar-refractivity contribution in [2.45, 2.75) is 13.0 Å². The fourth-order valence-electron chi connectivity index (χ4n) is 2.29. The summed E-state index contributed by atoms with van der Waals surface area (Å²) in [6, 6.07) is 8.96. The molecule has 1 aromatic rings. The van der Waals surface area contributed by atoms with Crippen LogP contribution >= 0.6 is 0 Å². The van der Waals surface area contributed by atoms with Gasteiger partial charge in [-0.1, -0.05) is 13.0 Å². The molecule has 6 heteroatoms. The molecular formula is C15H19N3O3. The minimum atomic E-state index is -0.200. The van der Waals surface area contributed by atoms with Crippen molar-refractivity contribution in [2.24, 2.45) is 5.92 Å². The Morgan fingerprint density at radius 2 is 2.38 bits per heavy atom. The molecule has 0 aromatic heterocycles. The van der Waals surface area contributed by atoms with Gasteiger partial charge < -0.3 is 20.1 Å². The second-order valence-corrected chi connectivity index (χ2v) is 4.77. The molecule has 1 amide bonds. The molecule has 0 aliphatic carbocycles. The number of benzene rings is 1. The SMILES string of the molecule is CCNC1COCC1C(=O)Nc1cccc(OCC#N)c1. The fraction of sp³-hybridized carbons (Fsp3) is 0.467. The van der Waals surface area contributed by atoms with Gasteiger partial charge in [0.05, 0.1) is 19.1 Å². The maximum atomic E-state index is 12.3.